The maximum Gasteiger partial charge on any atom is 0.433 e. The van der Waals surface area contributed by atoms with E-state index in [1.807, 2.05) is 0 Å². The van der Waals surface area contributed by atoms with Gasteiger partial charge in [-0.1, -0.05) is 0 Å². The number of nitrogens with zero attached hydrogens (tertiary/aromatic N) is 2. The van der Waals surface area contributed by atoms with Gasteiger partial charge in [-0.2, -0.15) is 0 Å². The minimum absolute atomic E-state index is 0.206. The van der Waals surface area contributed by atoms with E-state index in [4.69, 9.17) is 4.42 Å². The molecule has 0 aliphatic carbocycles. The molecule has 0 aromatic carbocycles. The quantitative estimate of drug-likeness (QED) is 0.446. The van der Waals surface area contributed by atoms with Gasteiger partial charge in [0.05, 0.1) is 12.6 Å². The van der Waals surface area contributed by atoms with Crippen molar-refractivity contribution in [1.29, 1.82) is 0 Å². The number of rotatable bonds is 8. The zero-order valence-electron chi connectivity index (χ0n) is 12.0. The van der Waals surface area contributed by atoms with Crippen LogP contribution in [0, 0.1) is 10.1 Å². The fraction of sp³-hybridized carbons (Fsp3) is 0.692. The molecule has 108 valence electrons. The standard InChI is InChI=1S/C13H23N3O3/c1-10(2)15(11(3)4)8-7-14-9-12-5-6-13(19-12)16(17)18/h5-6,10-11,14H,7-9H2,1-4H3. The Labute approximate surface area is 113 Å². The number of hydrogen-bond acceptors (Lipinski definition) is 5. The van der Waals surface area contributed by atoms with Crippen molar-refractivity contribution in [2.24, 2.45) is 0 Å². The van der Waals surface area contributed by atoms with E-state index in [-0.39, 0.29) is 5.88 Å². The van der Waals surface area contributed by atoms with Crippen LogP contribution in [0.25, 0.3) is 0 Å². The summed E-state index contributed by atoms with van der Waals surface area (Å²) in [4.78, 5) is 12.3. The second kappa shape index (κ2) is 7.25. The van der Waals surface area contributed by atoms with E-state index >= 15 is 0 Å². The van der Waals surface area contributed by atoms with Crippen molar-refractivity contribution in [2.45, 2.75) is 46.3 Å². The Morgan fingerprint density at radius 2 is 1.95 bits per heavy atom. The van der Waals surface area contributed by atoms with E-state index < -0.39 is 4.92 Å². The van der Waals surface area contributed by atoms with E-state index in [1.165, 1.54) is 6.07 Å². The summed E-state index contributed by atoms with van der Waals surface area (Å²) in [7, 11) is 0. The normalized spacial score (nSPS) is 11.7. The molecule has 1 aromatic heterocycles. The van der Waals surface area contributed by atoms with E-state index in [2.05, 4.69) is 37.9 Å². The molecule has 6 nitrogen and oxygen atoms in total. The highest BCUT2D eigenvalue weighted by Crippen LogP contribution is 2.15. The Bertz CT molecular complexity index is 394. The van der Waals surface area contributed by atoms with Gasteiger partial charge in [-0.25, -0.2) is 0 Å². The molecule has 19 heavy (non-hydrogen) atoms. The molecule has 0 fully saturated rings. The SMILES string of the molecule is CC(C)N(CCNCc1ccc([N+](=O)[O-])o1)C(C)C. The van der Waals surface area contributed by atoms with Crippen molar-refractivity contribution >= 4 is 5.88 Å². The minimum atomic E-state index is -0.525. The highest BCUT2D eigenvalue weighted by Gasteiger charge is 2.13. The first-order chi connectivity index (χ1) is 8.91. The van der Waals surface area contributed by atoms with Gasteiger partial charge in [0, 0.05) is 25.2 Å². The Kier molecular flexibility index (Phi) is 5.98. The zero-order valence-corrected chi connectivity index (χ0v) is 12.0. The third kappa shape index (κ3) is 5.00. The molecule has 1 rings (SSSR count). The van der Waals surface area contributed by atoms with Crippen molar-refractivity contribution in [2.75, 3.05) is 13.1 Å². The fourth-order valence-corrected chi connectivity index (χ4v) is 2.09. The first-order valence-electron chi connectivity index (χ1n) is 6.61. The van der Waals surface area contributed by atoms with Crippen LogP contribution in [0.4, 0.5) is 5.88 Å². The molecule has 0 aliphatic rings. The van der Waals surface area contributed by atoms with Crippen LogP contribution in [0.1, 0.15) is 33.5 Å². The summed E-state index contributed by atoms with van der Waals surface area (Å²) in [5.74, 6) is 0.384. The molecule has 0 radical (unpaired) electrons. The number of furan rings is 1. The topological polar surface area (TPSA) is 71.5 Å². The third-order valence-electron chi connectivity index (χ3n) is 3.00. The van der Waals surface area contributed by atoms with Crippen LogP contribution < -0.4 is 5.32 Å². The first-order valence-corrected chi connectivity index (χ1v) is 6.61. The molecule has 0 amide bonds. The van der Waals surface area contributed by atoms with Crippen molar-refractivity contribution in [3.63, 3.8) is 0 Å². The maximum absolute atomic E-state index is 10.5. The maximum atomic E-state index is 10.5. The van der Waals surface area contributed by atoms with E-state index in [1.54, 1.807) is 6.07 Å². The Morgan fingerprint density at radius 1 is 1.32 bits per heavy atom. The van der Waals surface area contributed by atoms with Gasteiger partial charge in [-0.05, 0) is 33.8 Å². The Hall–Kier alpha value is -1.40. The number of nitrogens with one attached hydrogen (secondary N) is 1. The summed E-state index contributed by atoms with van der Waals surface area (Å²) in [6, 6.07) is 4.03. The van der Waals surface area contributed by atoms with Gasteiger partial charge in [0.25, 0.3) is 0 Å². The van der Waals surface area contributed by atoms with Gasteiger partial charge in [0.2, 0.25) is 0 Å². The van der Waals surface area contributed by atoms with Crippen LogP contribution in [-0.4, -0.2) is 35.0 Å². The molecule has 6 heteroatoms. The average molecular weight is 269 g/mol. The third-order valence-corrected chi connectivity index (χ3v) is 3.00. The van der Waals surface area contributed by atoms with Crippen molar-refractivity contribution in [3.05, 3.63) is 28.0 Å². The molecule has 0 atom stereocenters. The second-order valence-corrected chi connectivity index (χ2v) is 5.10. The minimum Gasteiger partial charge on any atom is -0.404 e. The molecular weight excluding hydrogens is 246 g/mol. The van der Waals surface area contributed by atoms with E-state index in [0.717, 1.165) is 13.1 Å². The molecule has 0 saturated heterocycles. The summed E-state index contributed by atoms with van der Waals surface area (Å²) in [6.45, 7) is 11.0. The largest absolute Gasteiger partial charge is 0.433 e. The highest BCUT2D eigenvalue weighted by molar-refractivity contribution is 5.17. The number of nitro groups is 1. The van der Waals surface area contributed by atoms with Crippen LogP contribution in [0.15, 0.2) is 16.5 Å². The lowest BCUT2D eigenvalue weighted by molar-refractivity contribution is -0.402. The van der Waals surface area contributed by atoms with Gasteiger partial charge >= 0.3 is 5.88 Å². The van der Waals surface area contributed by atoms with Crippen LogP contribution in [-0.2, 0) is 6.54 Å². The summed E-state index contributed by atoms with van der Waals surface area (Å²) in [5.41, 5.74) is 0. The van der Waals surface area contributed by atoms with Crippen LogP contribution in [0.3, 0.4) is 0 Å². The molecule has 0 unspecified atom stereocenters. The van der Waals surface area contributed by atoms with Crippen LogP contribution >= 0.6 is 0 Å². The molecule has 1 aromatic rings. The van der Waals surface area contributed by atoms with Gasteiger partial charge < -0.3 is 9.73 Å². The predicted molar refractivity (Wildman–Crippen MR) is 74.0 cm³/mol. The van der Waals surface area contributed by atoms with Gasteiger partial charge in [0.15, 0.2) is 0 Å². The summed E-state index contributed by atoms with van der Waals surface area (Å²) in [6.07, 6.45) is 0. The van der Waals surface area contributed by atoms with Crippen molar-refractivity contribution in [1.82, 2.24) is 10.2 Å². The smallest absolute Gasteiger partial charge is 0.404 e. The van der Waals surface area contributed by atoms with Gasteiger partial charge in [-0.3, -0.25) is 15.0 Å². The lowest BCUT2D eigenvalue weighted by atomic mass is 10.2. The molecule has 0 saturated carbocycles. The lowest BCUT2D eigenvalue weighted by Gasteiger charge is -2.30. The van der Waals surface area contributed by atoms with Crippen LogP contribution in [0.2, 0.25) is 0 Å². The summed E-state index contributed by atoms with van der Waals surface area (Å²) >= 11 is 0. The number of hydrogen-bond donors (Lipinski definition) is 1. The van der Waals surface area contributed by atoms with Crippen molar-refractivity contribution < 1.29 is 9.34 Å². The molecule has 0 aliphatic heterocycles. The molecular formula is C13H23N3O3. The zero-order chi connectivity index (χ0) is 14.4. The monoisotopic (exact) mass is 269 g/mol. The average Bonchev–Trinajstić information content (AvgIpc) is 2.76. The van der Waals surface area contributed by atoms with Crippen molar-refractivity contribution in [3.8, 4) is 0 Å². The molecule has 1 heterocycles. The molecule has 0 spiro atoms. The van der Waals surface area contributed by atoms with Gasteiger partial charge in [-0.15, -0.1) is 0 Å². The van der Waals surface area contributed by atoms with Crippen LogP contribution in [0.5, 0.6) is 0 Å². The lowest BCUT2D eigenvalue weighted by Crippen LogP contribution is -2.41. The molecule has 0 bridgehead atoms. The summed E-state index contributed by atoms with van der Waals surface area (Å²) in [5, 5.41) is 13.7. The van der Waals surface area contributed by atoms with Gasteiger partial charge in [0.1, 0.15) is 10.7 Å². The van der Waals surface area contributed by atoms with E-state index in [9.17, 15) is 10.1 Å². The summed E-state index contributed by atoms with van der Waals surface area (Å²) < 4.78 is 5.07. The molecule has 1 N–H and O–H groups in total. The predicted octanol–water partition coefficient (Wildman–Crippen LogP) is 2.40. The Morgan fingerprint density at radius 3 is 2.42 bits per heavy atom. The highest BCUT2D eigenvalue weighted by atomic mass is 16.6. The second-order valence-electron chi connectivity index (χ2n) is 5.10. The van der Waals surface area contributed by atoms with E-state index in [0.29, 0.717) is 24.4 Å². The first kappa shape index (κ1) is 15.7. The fourth-order valence-electron chi connectivity index (χ4n) is 2.09. The Balaban J connectivity index is 2.31.